The van der Waals surface area contributed by atoms with Gasteiger partial charge in [0.15, 0.2) is 0 Å². The van der Waals surface area contributed by atoms with E-state index in [2.05, 4.69) is 5.32 Å². The third kappa shape index (κ3) is 5.13. The largest absolute Gasteiger partial charge is 0.481 e. The molecule has 0 aliphatic carbocycles. The molecule has 2 aromatic rings. The van der Waals surface area contributed by atoms with Crippen LogP contribution in [0.15, 0.2) is 53.4 Å². The second kappa shape index (κ2) is 8.55. The van der Waals surface area contributed by atoms with E-state index in [9.17, 15) is 9.59 Å². The molecule has 1 amide bonds. The summed E-state index contributed by atoms with van der Waals surface area (Å²) in [6.07, 6.45) is -0.133. The van der Waals surface area contributed by atoms with Crippen LogP contribution in [0.25, 0.3) is 0 Å². The summed E-state index contributed by atoms with van der Waals surface area (Å²) in [5, 5.41) is 12.0. The molecule has 0 spiro atoms. The number of thioether (sulfide) groups is 1. The first-order chi connectivity index (χ1) is 11.5. The lowest BCUT2D eigenvalue weighted by Crippen LogP contribution is -2.31. The fourth-order valence-electron chi connectivity index (χ4n) is 2.49. The van der Waals surface area contributed by atoms with E-state index in [1.54, 1.807) is 0 Å². The van der Waals surface area contributed by atoms with Gasteiger partial charge in [-0.2, -0.15) is 0 Å². The first kappa shape index (κ1) is 18.1. The third-order valence-electron chi connectivity index (χ3n) is 3.73. The van der Waals surface area contributed by atoms with Crippen molar-refractivity contribution in [3.63, 3.8) is 0 Å². The average Bonchev–Trinajstić information content (AvgIpc) is 2.53. The van der Waals surface area contributed by atoms with Crippen LogP contribution in [0.2, 0.25) is 0 Å². The molecule has 24 heavy (non-hydrogen) atoms. The number of benzene rings is 2. The average molecular weight is 343 g/mol. The highest BCUT2D eigenvalue weighted by Crippen LogP contribution is 2.23. The van der Waals surface area contributed by atoms with E-state index in [4.69, 9.17) is 5.11 Å². The van der Waals surface area contributed by atoms with Crippen molar-refractivity contribution in [3.8, 4) is 0 Å². The van der Waals surface area contributed by atoms with Crippen molar-refractivity contribution in [3.05, 3.63) is 65.2 Å². The number of nitrogens with one attached hydrogen (secondary N) is 1. The molecule has 0 aliphatic heterocycles. The van der Waals surface area contributed by atoms with Crippen molar-refractivity contribution in [2.24, 2.45) is 0 Å². The van der Waals surface area contributed by atoms with E-state index in [0.717, 1.165) is 21.6 Å². The quantitative estimate of drug-likeness (QED) is 0.752. The van der Waals surface area contributed by atoms with Crippen molar-refractivity contribution in [1.82, 2.24) is 5.32 Å². The lowest BCUT2D eigenvalue weighted by molar-refractivity contribution is -0.137. The molecule has 0 bridgehead atoms. The van der Waals surface area contributed by atoms with Gasteiger partial charge in [-0.05, 0) is 36.6 Å². The Morgan fingerprint density at radius 1 is 1.04 bits per heavy atom. The van der Waals surface area contributed by atoms with E-state index in [0.29, 0.717) is 0 Å². The zero-order valence-electron chi connectivity index (χ0n) is 13.8. The molecule has 0 aliphatic rings. The number of amides is 1. The number of aryl methyl sites for hydroxylation is 2. The molecule has 0 saturated heterocycles. The standard InChI is InChI=1S/C19H21NO3S/c1-13-7-3-5-9-15(13)16(11-19(22)23)20-18(21)12-24-17-10-6-4-8-14(17)2/h3-10,16H,11-12H2,1-2H3,(H,20,21)(H,22,23). The van der Waals surface area contributed by atoms with Crippen LogP contribution in [0, 0.1) is 13.8 Å². The van der Waals surface area contributed by atoms with Gasteiger partial charge in [0.2, 0.25) is 5.91 Å². The summed E-state index contributed by atoms with van der Waals surface area (Å²) < 4.78 is 0. The van der Waals surface area contributed by atoms with Crippen LogP contribution in [0.4, 0.5) is 0 Å². The zero-order valence-corrected chi connectivity index (χ0v) is 14.6. The number of carbonyl (C=O) groups excluding carboxylic acids is 1. The van der Waals surface area contributed by atoms with Gasteiger partial charge < -0.3 is 10.4 Å². The fraction of sp³-hybridized carbons (Fsp3) is 0.263. The fourth-order valence-corrected chi connectivity index (χ4v) is 3.33. The SMILES string of the molecule is Cc1ccccc1SCC(=O)NC(CC(=O)O)c1ccccc1C. The van der Waals surface area contributed by atoms with Gasteiger partial charge in [0.25, 0.3) is 0 Å². The van der Waals surface area contributed by atoms with Crippen molar-refractivity contribution in [2.75, 3.05) is 5.75 Å². The van der Waals surface area contributed by atoms with Gasteiger partial charge in [0.1, 0.15) is 0 Å². The van der Waals surface area contributed by atoms with E-state index < -0.39 is 12.0 Å². The van der Waals surface area contributed by atoms with E-state index in [1.807, 2.05) is 62.4 Å². The molecule has 1 unspecified atom stereocenters. The Balaban J connectivity index is 2.04. The Morgan fingerprint density at radius 2 is 1.67 bits per heavy atom. The number of carbonyl (C=O) groups is 2. The monoisotopic (exact) mass is 343 g/mol. The van der Waals surface area contributed by atoms with E-state index >= 15 is 0 Å². The second-order valence-corrected chi connectivity index (χ2v) is 6.65. The lowest BCUT2D eigenvalue weighted by atomic mass is 9.99. The number of rotatable bonds is 7. The summed E-state index contributed by atoms with van der Waals surface area (Å²) in [5.74, 6) is -0.847. The van der Waals surface area contributed by atoms with Gasteiger partial charge in [0, 0.05) is 4.90 Å². The normalized spacial score (nSPS) is 11.8. The highest BCUT2D eigenvalue weighted by molar-refractivity contribution is 8.00. The van der Waals surface area contributed by atoms with E-state index in [1.165, 1.54) is 11.8 Å². The van der Waals surface area contributed by atoms with Gasteiger partial charge in [-0.15, -0.1) is 11.8 Å². The molecule has 5 heteroatoms. The van der Waals surface area contributed by atoms with Crippen molar-refractivity contribution in [1.29, 1.82) is 0 Å². The molecule has 0 saturated carbocycles. The molecule has 0 aromatic heterocycles. The molecule has 2 N–H and O–H groups in total. The highest BCUT2D eigenvalue weighted by atomic mass is 32.2. The molecule has 126 valence electrons. The van der Waals surface area contributed by atoms with Crippen molar-refractivity contribution < 1.29 is 14.7 Å². The summed E-state index contributed by atoms with van der Waals surface area (Å²) in [5.41, 5.74) is 2.93. The topological polar surface area (TPSA) is 66.4 Å². The number of carboxylic acid groups (broad SMARTS) is 1. The summed E-state index contributed by atoms with van der Waals surface area (Å²) in [7, 11) is 0. The van der Waals surface area contributed by atoms with Crippen LogP contribution < -0.4 is 5.32 Å². The maximum atomic E-state index is 12.3. The van der Waals surface area contributed by atoms with Crippen LogP contribution in [0.5, 0.6) is 0 Å². The zero-order chi connectivity index (χ0) is 17.5. The molecular formula is C19H21NO3S. The molecule has 0 fully saturated rings. The van der Waals surface area contributed by atoms with Crippen LogP contribution in [-0.2, 0) is 9.59 Å². The minimum Gasteiger partial charge on any atom is -0.481 e. The Morgan fingerprint density at radius 3 is 2.29 bits per heavy atom. The lowest BCUT2D eigenvalue weighted by Gasteiger charge is -2.19. The van der Waals surface area contributed by atoms with Gasteiger partial charge in [-0.25, -0.2) is 0 Å². The van der Waals surface area contributed by atoms with Crippen molar-refractivity contribution >= 4 is 23.6 Å². The van der Waals surface area contributed by atoms with Gasteiger partial charge in [-0.1, -0.05) is 42.5 Å². The van der Waals surface area contributed by atoms with Crippen molar-refractivity contribution in [2.45, 2.75) is 31.2 Å². The second-order valence-electron chi connectivity index (χ2n) is 5.63. The van der Waals surface area contributed by atoms with Crippen LogP contribution in [0.1, 0.15) is 29.2 Å². The molecular weight excluding hydrogens is 322 g/mol. The summed E-state index contributed by atoms with van der Waals surface area (Å²) in [6, 6.07) is 14.9. The first-order valence-electron chi connectivity index (χ1n) is 7.72. The summed E-state index contributed by atoms with van der Waals surface area (Å²) in [6.45, 7) is 3.92. The minimum absolute atomic E-state index is 0.133. The van der Waals surface area contributed by atoms with Crippen LogP contribution in [0.3, 0.4) is 0 Å². The smallest absolute Gasteiger partial charge is 0.305 e. The predicted molar refractivity (Wildman–Crippen MR) is 96.2 cm³/mol. The molecule has 0 heterocycles. The maximum absolute atomic E-state index is 12.3. The van der Waals surface area contributed by atoms with Crippen LogP contribution >= 0.6 is 11.8 Å². The molecule has 2 aromatic carbocycles. The predicted octanol–water partition coefficient (Wildman–Crippen LogP) is 3.73. The van der Waals surface area contributed by atoms with Crippen LogP contribution in [-0.4, -0.2) is 22.7 Å². The number of hydrogen-bond donors (Lipinski definition) is 2. The molecule has 0 radical (unpaired) electrons. The Bertz CT molecular complexity index is 730. The third-order valence-corrected chi connectivity index (χ3v) is 4.91. The van der Waals surface area contributed by atoms with Gasteiger partial charge in [-0.3, -0.25) is 9.59 Å². The summed E-state index contributed by atoms with van der Waals surface area (Å²) in [4.78, 5) is 24.5. The first-order valence-corrected chi connectivity index (χ1v) is 8.71. The minimum atomic E-state index is -0.935. The maximum Gasteiger partial charge on any atom is 0.305 e. The molecule has 2 rings (SSSR count). The Kier molecular flexibility index (Phi) is 6.44. The Labute approximate surface area is 146 Å². The number of hydrogen-bond acceptors (Lipinski definition) is 3. The molecule has 1 atom stereocenters. The van der Waals surface area contributed by atoms with Gasteiger partial charge >= 0.3 is 5.97 Å². The van der Waals surface area contributed by atoms with E-state index in [-0.39, 0.29) is 18.1 Å². The molecule has 4 nitrogen and oxygen atoms in total. The number of aliphatic carboxylic acids is 1. The highest BCUT2D eigenvalue weighted by Gasteiger charge is 2.19. The Hall–Kier alpha value is -2.27. The van der Waals surface area contributed by atoms with Gasteiger partial charge in [0.05, 0.1) is 18.2 Å². The summed E-state index contributed by atoms with van der Waals surface area (Å²) >= 11 is 1.46. The number of carboxylic acids is 1.